The van der Waals surface area contributed by atoms with E-state index in [2.05, 4.69) is 0 Å². The second-order valence-corrected chi connectivity index (χ2v) is 3.11. The zero-order valence-electron chi connectivity index (χ0n) is 8.86. The first-order chi connectivity index (χ1) is 7.21. The molecule has 0 unspecified atom stereocenters. The summed E-state index contributed by atoms with van der Waals surface area (Å²) in [7, 11) is 3.16. The third-order valence-electron chi connectivity index (χ3n) is 2.11. The molecule has 80 valence electrons. The molecule has 4 heteroatoms. The third kappa shape index (κ3) is 2.86. The van der Waals surface area contributed by atoms with Gasteiger partial charge >= 0.3 is 0 Å². The van der Waals surface area contributed by atoms with E-state index in [1.54, 1.807) is 20.3 Å². The summed E-state index contributed by atoms with van der Waals surface area (Å²) in [4.78, 5) is 0. The van der Waals surface area contributed by atoms with Crippen molar-refractivity contribution in [3.8, 4) is 17.6 Å². The monoisotopic (exact) mass is 206 g/mol. The molecule has 0 saturated carbocycles. The van der Waals surface area contributed by atoms with E-state index in [1.165, 1.54) is 0 Å². The van der Waals surface area contributed by atoms with Crippen molar-refractivity contribution in [3.05, 3.63) is 23.8 Å². The van der Waals surface area contributed by atoms with Gasteiger partial charge in [0.25, 0.3) is 0 Å². The van der Waals surface area contributed by atoms with Gasteiger partial charge in [-0.2, -0.15) is 5.26 Å². The fourth-order valence-corrected chi connectivity index (χ4v) is 1.26. The minimum absolute atomic E-state index is 0.274. The molecule has 0 saturated heterocycles. The number of nitrogens with two attached hydrogens (primary N) is 1. The van der Waals surface area contributed by atoms with Crippen LogP contribution in [0.5, 0.6) is 11.5 Å². The third-order valence-corrected chi connectivity index (χ3v) is 2.11. The Kier molecular flexibility index (Phi) is 3.95. The fraction of sp³-hybridized carbons (Fsp3) is 0.364. The molecule has 0 radical (unpaired) electrons. The molecular formula is C11H14N2O2. The number of nitrogens with zero attached hydrogens (tertiary/aromatic N) is 1. The van der Waals surface area contributed by atoms with Crippen LogP contribution in [0.4, 0.5) is 0 Å². The number of benzene rings is 1. The largest absolute Gasteiger partial charge is 0.497 e. The van der Waals surface area contributed by atoms with Gasteiger partial charge in [0, 0.05) is 12.1 Å². The smallest absolute Gasteiger partial charge is 0.122 e. The number of ether oxygens (including phenoxy) is 2. The van der Waals surface area contributed by atoms with Gasteiger partial charge < -0.3 is 15.2 Å². The van der Waals surface area contributed by atoms with Gasteiger partial charge in [-0.05, 0) is 17.7 Å². The summed E-state index contributed by atoms with van der Waals surface area (Å²) in [6, 6.07) is 7.11. The van der Waals surface area contributed by atoms with Crippen LogP contribution in [0.2, 0.25) is 0 Å². The van der Waals surface area contributed by atoms with Crippen LogP contribution in [0.1, 0.15) is 18.0 Å². The molecule has 1 atom stereocenters. The van der Waals surface area contributed by atoms with Gasteiger partial charge in [-0.1, -0.05) is 0 Å². The fourth-order valence-electron chi connectivity index (χ4n) is 1.26. The van der Waals surface area contributed by atoms with Crippen LogP contribution in [0.3, 0.4) is 0 Å². The van der Waals surface area contributed by atoms with Crippen LogP contribution in [0.15, 0.2) is 18.2 Å². The molecule has 1 rings (SSSR count). The molecule has 0 aromatic heterocycles. The maximum Gasteiger partial charge on any atom is 0.122 e. The number of hydrogen-bond donors (Lipinski definition) is 1. The van der Waals surface area contributed by atoms with Gasteiger partial charge in [-0.3, -0.25) is 0 Å². The van der Waals surface area contributed by atoms with Crippen molar-refractivity contribution in [2.45, 2.75) is 12.5 Å². The lowest BCUT2D eigenvalue weighted by Gasteiger charge is -2.11. The van der Waals surface area contributed by atoms with Crippen molar-refractivity contribution < 1.29 is 9.47 Å². The van der Waals surface area contributed by atoms with E-state index >= 15 is 0 Å². The highest BCUT2D eigenvalue weighted by Gasteiger charge is 2.08. The van der Waals surface area contributed by atoms with E-state index in [0.29, 0.717) is 11.5 Å². The molecule has 2 N–H and O–H groups in total. The Labute approximate surface area is 89.2 Å². The Morgan fingerprint density at radius 3 is 2.20 bits per heavy atom. The molecule has 0 bridgehead atoms. The average Bonchev–Trinajstić information content (AvgIpc) is 2.28. The molecule has 0 spiro atoms. The van der Waals surface area contributed by atoms with Crippen LogP contribution in [0.25, 0.3) is 0 Å². The Morgan fingerprint density at radius 2 is 1.80 bits per heavy atom. The second-order valence-electron chi connectivity index (χ2n) is 3.11. The first kappa shape index (κ1) is 11.3. The first-order valence-corrected chi connectivity index (χ1v) is 4.56. The highest BCUT2D eigenvalue weighted by Crippen LogP contribution is 2.26. The Hall–Kier alpha value is -1.73. The molecule has 0 aliphatic carbocycles. The van der Waals surface area contributed by atoms with Crippen molar-refractivity contribution in [3.63, 3.8) is 0 Å². The van der Waals surface area contributed by atoms with Gasteiger partial charge in [-0.25, -0.2) is 0 Å². The van der Waals surface area contributed by atoms with Crippen molar-refractivity contribution in [1.29, 1.82) is 5.26 Å². The summed E-state index contributed by atoms with van der Waals surface area (Å²) in [5.41, 5.74) is 6.66. The van der Waals surface area contributed by atoms with Gasteiger partial charge in [0.15, 0.2) is 0 Å². The normalized spacial score (nSPS) is 11.6. The lowest BCUT2D eigenvalue weighted by molar-refractivity contribution is 0.392. The predicted octanol–water partition coefficient (Wildman–Crippen LogP) is 1.62. The summed E-state index contributed by atoms with van der Waals surface area (Å²) in [6.45, 7) is 0. The molecule has 4 nitrogen and oxygen atoms in total. The lowest BCUT2D eigenvalue weighted by atomic mass is 10.0. The molecule has 0 aliphatic rings. The lowest BCUT2D eigenvalue weighted by Crippen LogP contribution is -2.09. The maximum atomic E-state index is 8.56. The van der Waals surface area contributed by atoms with Crippen molar-refractivity contribution in [2.75, 3.05) is 14.2 Å². The molecule has 0 heterocycles. The van der Waals surface area contributed by atoms with Crippen LogP contribution in [-0.4, -0.2) is 14.2 Å². The van der Waals surface area contributed by atoms with E-state index in [4.69, 9.17) is 20.5 Å². The quantitative estimate of drug-likeness (QED) is 0.812. The standard InChI is InChI=1S/C11H14N2O2/c1-14-9-5-8(11(13)3-4-12)6-10(7-9)15-2/h5-7,11H,3,13H2,1-2H3/t11-/m1/s1. The molecule has 0 amide bonds. The molecule has 15 heavy (non-hydrogen) atoms. The van der Waals surface area contributed by atoms with Crippen molar-refractivity contribution in [1.82, 2.24) is 0 Å². The number of methoxy groups -OCH3 is 2. The minimum Gasteiger partial charge on any atom is -0.497 e. The highest BCUT2D eigenvalue weighted by atomic mass is 16.5. The highest BCUT2D eigenvalue weighted by molar-refractivity contribution is 5.39. The number of rotatable bonds is 4. The summed E-state index contributed by atoms with van der Waals surface area (Å²) in [6.07, 6.45) is 0.274. The van der Waals surface area contributed by atoms with Gasteiger partial charge in [0.2, 0.25) is 0 Å². The predicted molar refractivity (Wildman–Crippen MR) is 56.7 cm³/mol. The number of hydrogen-bond acceptors (Lipinski definition) is 4. The van der Waals surface area contributed by atoms with Crippen LogP contribution >= 0.6 is 0 Å². The molecular weight excluding hydrogens is 192 g/mol. The SMILES string of the molecule is COc1cc(OC)cc([C@H](N)CC#N)c1. The van der Waals surface area contributed by atoms with Crippen molar-refractivity contribution in [2.24, 2.45) is 5.73 Å². The maximum absolute atomic E-state index is 8.56. The van der Waals surface area contributed by atoms with Gasteiger partial charge in [0.05, 0.1) is 26.7 Å². The molecule has 1 aromatic rings. The zero-order valence-corrected chi connectivity index (χ0v) is 8.86. The molecule has 0 fully saturated rings. The Bertz CT molecular complexity index is 349. The van der Waals surface area contributed by atoms with E-state index in [9.17, 15) is 0 Å². The van der Waals surface area contributed by atoms with Crippen LogP contribution < -0.4 is 15.2 Å². The Morgan fingerprint density at radius 1 is 1.27 bits per heavy atom. The van der Waals surface area contributed by atoms with Crippen LogP contribution in [-0.2, 0) is 0 Å². The summed E-state index contributed by atoms with van der Waals surface area (Å²) < 4.78 is 10.2. The van der Waals surface area contributed by atoms with E-state index in [1.807, 2.05) is 18.2 Å². The number of nitriles is 1. The summed E-state index contributed by atoms with van der Waals surface area (Å²) in [5.74, 6) is 1.36. The minimum atomic E-state index is -0.306. The zero-order chi connectivity index (χ0) is 11.3. The van der Waals surface area contributed by atoms with Gasteiger partial charge in [0.1, 0.15) is 11.5 Å². The van der Waals surface area contributed by atoms with Crippen molar-refractivity contribution >= 4 is 0 Å². The van der Waals surface area contributed by atoms with Crippen LogP contribution in [0, 0.1) is 11.3 Å². The van der Waals surface area contributed by atoms with E-state index < -0.39 is 0 Å². The van der Waals surface area contributed by atoms with E-state index in [0.717, 1.165) is 5.56 Å². The Balaban J connectivity index is 3.01. The topological polar surface area (TPSA) is 68.3 Å². The van der Waals surface area contributed by atoms with E-state index in [-0.39, 0.29) is 12.5 Å². The molecule has 1 aromatic carbocycles. The molecule has 0 aliphatic heterocycles. The summed E-state index contributed by atoms with van der Waals surface area (Å²) in [5, 5.41) is 8.56. The second kappa shape index (κ2) is 5.23. The first-order valence-electron chi connectivity index (χ1n) is 4.56. The summed E-state index contributed by atoms with van der Waals surface area (Å²) >= 11 is 0. The van der Waals surface area contributed by atoms with Gasteiger partial charge in [-0.15, -0.1) is 0 Å². The average molecular weight is 206 g/mol.